The van der Waals surface area contributed by atoms with Gasteiger partial charge >= 0.3 is 0 Å². The lowest BCUT2D eigenvalue weighted by molar-refractivity contribution is 0.0985. The largest absolute Gasteiger partial charge is 0.308 e. The van der Waals surface area contributed by atoms with Gasteiger partial charge in [-0.1, -0.05) is 43.7 Å². The molecule has 3 aromatic rings. The van der Waals surface area contributed by atoms with Gasteiger partial charge < -0.3 is 4.90 Å². The molecular formula is C25H34N4O3S2. The van der Waals surface area contributed by atoms with Gasteiger partial charge in [0.15, 0.2) is 5.13 Å². The average Bonchev–Trinajstić information content (AvgIpc) is 3.24. The maximum atomic E-state index is 13.5. The molecule has 1 heterocycles. The minimum Gasteiger partial charge on any atom is -0.308 e. The fraction of sp³-hybridized carbons (Fsp3) is 0.440. The van der Waals surface area contributed by atoms with Gasteiger partial charge in [0.25, 0.3) is 5.91 Å². The van der Waals surface area contributed by atoms with Crippen molar-refractivity contribution in [3.05, 3.63) is 53.6 Å². The number of aromatic nitrogens is 1. The van der Waals surface area contributed by atoms with Crippen LogP contribution < -0.4 is 4.90 Å². The normalized spacial score (nSPS) is 12.1. The molecule has 0 atom stereocenters. The van der Waals surface area contributed by atoms with Crippen molar-refractivity contribution in [1.29, 1.82) is 0 Å². The van der Waals surface area contributed by atoms with Crippen molar-refractivity contribution >= 4 is 42.6 Å². The molecule has 3 rings (SSSR count). The number of rotatable bonds is 11. The van der Waals surface area contributed by atoms with Gasteiger partial charge in [0.1, 0.15) is 0 Å². The Morgan fingerprint density at radius 3 is 2.29 bits per heavy atom. The highest BCUT2D eigenvalue weighted by Crippen LogP contribution is 2.31. The maximum absolute atomic E-state index is 13.5. The summed E-state index contributed by atoms with van der Waals surface area (Å²) in [6, 6.07) is 12.3. The van der Waals surface area contributed by atoms with Crippen LogP contribution in [0.15, 0.2) is 47.4 Å². The predicted octanol–water partition coefficient (Wildman–Crippen LogP) is 4.62. The molecular weight excluding hydrogens is 468 g/mol. The summed E-state index contributed by atoms with van der Waals surface area (Å²) in [4.78, 5) is 22.2. The van der Waals surface area contributed by atoms with Crippen molar-refractivity contribution in [2.45, 2.75) is 38.5 Å². The summed E-state index contributed by atoms with van der Waals surface area (Å²) in [5, 5.41) is 0.643. The molecule has 184 valence electrons. The summed E-state index contributed by atoms with van der Waals surface area (Å²) in [5.74, 6) is -0.194. The van der Waals surface area contributed by atoms with Crippen LogP contribution in [0.1, 0.15) is 42.6 Å². The van der Waals surface area contributed by atoms with E-state index in [-0.39, 0.29) is 10.8 Å². The first kappa shape index (κ1) is 26.3. The number of carbonyl (C=O) groups is 1. The molecule has 0 spiro atoms. The standard InChI is InChI=1S/C25H34N4O3S2/c1-6-8-16-28(7-2)34(31,32)21-14-12-20(13-15-21)24(30)29(18-17-27(4)5)25-26-23-19(3)10-9-11-22(23)33-25/h9-15H,6-8,16-18H2,1-5H3. The summed E-state index contributed by atoms with van der Waals surface area (Å²) >= 11 is 1.49. The lowest BCUT2D eigenvalue weighted by Gasteiger charge is -2.23. The molecule has 7 nitrogen and oxygen atoms in total. The van der Waals surface area contributed by atoms with Crippen molar-refractivity contribution < 1.29 is 13.2 Å². The van der Waals surface area contributed by atoms with Gasteiger partial charge in [-0.2, -0.15) is 4.31 Å². The summed E-state index contributed by atoms with van der Waals surface area (Å²) in [5.41, 5.74) is 2.40. The van der Waals surface area contributed by atoms with Crippen LogP contribution in [0.5, 0.6) is 0 Å². The number of aryl methyl sites for hydroxylation is 1. The van der Waals surface area contributed by atoms with E-state index in [4.69, 9.17) is 4.98 Å². The van der Waals surface area contributed by atoms with Gasteiger partial charge in [0, 0.05) is 31.7 Å². The molecule has 9 heteroatoms. The third kappa shape index (κ3) is 5.83. The molecule has 0 radical (unpaired) electrons. The van der Waals surface area contributed by atoms with Crippen LogP contribution >= 0.6 is 11.3 Å². The number of fused-ring (bicyclic) bond motifs is 1. The average molecular weight is 503 g/mol. The third-order valence-electron chi connectivity index (χ3n) is 5.71. The number of unbranched alkanes of at least 4 members (excludes halogenated alkanes) is 1. The van der Waals surface area contributed by atoms with Gasteiger partial charge in [-0.25, -0.2) is 13.4 Å². The zero-order valence-corrected chi connectivity index (χ0v) is 22.2. The summed E-state index contributed by atoms with van der Waals surface area (Å²) in [6.07, 6.45) is 1.74. The number of benzene rings is 2. The highest BCUT2D eigenvalue weighted by molar-refractivity contribution is 7.89. The molecule has 1 amide bonds. The van der Waals surface area contributed by atoms with E-state index >= 15 is 0 Å². The maximum Gasteiger partial charge on any atom is 0.260 e. The van der Waals surface area contributed by atoms with E-state index in [0.717, 1.165) is 28.6 Å². The monoisotopic (exact) mass is 502 g/mol. The molecule has 0 saturated heterocycles. The Balaban J connectivity index is 1.91. The number of nitrogens with zero attached hydrogens (tertiary/aromatic N) is 4. The Morgan fingerprint density at radius 1 is 1.00 bits per heavy atom. The molecule has 0 fully saturated rings. The van der Waals surface area contributed by atoms with E-state index < -0.39 is 10.0 Å². The van der Waals surface area contributed by atoms with E-state index in [1.165, 1.54) is 27.8 Å². The first-order chi connectivity index (χ1) is 16.2. The molecule has 0 aliphatic rings. The van der Waals surface area contributed by atoms with Crippen LogP contribution in [0.25, 0.3) is 10.2 Å². The number of anilines is 1. The fourth-order valence-electron chi connectivity index (χ4n) is 3.63. The van der Waals surface area contributed by atoms with Crippen LogP contribution in [-0.4, -0.2) is 68.8 Å². The fourth-order valence-corrected chi connectivity index (χ4v) is 6.19. The highest BCUT2D eigenvalue weighted by Gasteiger charge is 2.25. The lowest BCUT2D eigenvalue weighted by atomic mass is 10.2. The number of hydrogen-bond donors (Lipinski definition) is 0. The first-order valence-electron chi connectivity index (χ1n) is 11.6. The number of likely N-dealkylation sites (N-methyl/N-ethyl adjacent to an activating group) is 1. The Bertz CT molecular complexity index is 1220. The molecule has 1 aromatic heterocycles. The molecule has 0 aliphatic carbocycles. The molecule has 0 aliphatic heterocycles. The Kier molecular flexibility index (Phi) is 8.81. The van der Waals surface area contributed by atoms with Gasteiger partial charge in [-0.05, 0) is 63.3 Å². The number of para-hydroxylation sites is 1. The van der Waals surface area contributed by atoms with E-state index in [2.05, 4.69) is 0 Å². The summed E-state index contributed by atoms with van der Waals surface area (Å²) in [7, 11) is 0.332. The lowest BCUT2D eigenvalue weighted by Crippen LogP contribution is -2.36. The topological polar surface area (TPSA) is 73.8 Å². The van der Waals surface area contributed by atoms with Crippen LogP contribution in [-0.2, 0) is 10.0 Å². The van der Waals surface area contributed by atoms with Gasteiger partial charge in [-0.3, -0.25) is 9.69 Å². The van der Waals surface area contributed by atoms with E-state index in [9.17, 15) is 13.2 Å². The van der Waals surface area contributed by atoms with Gasteiger partial charge in [-0.15, -0.1) is 0 Å². The minimum absolute atomic E-state index is 0.194. The molecule has 2 aromatic carbocycles. The number of thiazole rings is 1. The van der Waals surface area contributed by atoms with E-state index in [0.29, 0.717) is 36.9 Å². The predicted molar refractivity (Wildman–Crippen MR) is 140 cm³/mol. The summed E-state index contributed by atoms with van der Waals surface area (Å²) in [6.45, 7) is 7.95. The molecule has 34 heavy (non-hydrogen) atoms. The third-order valence-corrected chi connectivity index (χ3v) is 8.74. The van der Waals surface area contributed by atoms with E-state index in [1.54, 1.807) is 17.0 Å². The van der Waals surface area contributed by atoms with Gasteiger partial charge in [0.05, 0.1) is 15.1 Å². The second-order valence-corrected chi connectivity index (χ2v) is 11.5. The molecule has 0 saturated carbocycles. The molecule has 0 unspecified atom stereocenters. The molecule has 0 bridgehead atoms. The minimum atomic E-state index is -3.59. The van der Waals surface area contributed by atoms with Crippen molar-refractivity contribution in [2.24, 2.45) is 0 Å². The van der Waals surface area contributed by atoms with Crippen molar-refractivity contribution in [3.63, 3.8) is 0 Å². The zero-order chi connectivity index (χ0) is 24.9. The van der Waals surface area contributed by atoms with Gasteiger partial charge in [0.2, 0.25) is 10.0 Å². The Labute approximate surface area is 207 Å². The zero-order valence-electron chi connectivity index (χ0n) is 20.6. The van der Waals surface area contributed by atoms with Crippen LogP contribution in [0.3, 0.4) is 0 Å². The van der Waals surface area contributed by atoms with Crippen molar-refractivity contribution in [1.82, 2.24) is 14.2 Å². The summed E-state index contributed by atoms with van der Waals surface area (Å²) < 4.78 is 28.6. The number of carbonyl (C=O) groups excluding carboxylic acids is 1. The quantitative estimate of drug-likeness (QED) is 0.382. The van der Waals surface area contributed by atoms with Crippen LogP contribution in [0, 0.1) is 6.92 Å². The van der Waals surface area contributed by atoms with Crippen LogP contribution in [0.4, 0.5) is 5.13 Å². The smallest absolute Gasteiger partial charge is 0.260 e. The van der Waals surface area contributed by atoms with Crippen LogP contribution in [0.2, 0.25) is 0 Å². The SMILES string of the molecule is CCCCN(CC)S(=O)(=O)c1ccc(C(=O)N(CCN(C)C)c2nc3c(C)cccc3s2)cc1. The Hall–Kier alpha value is -2.33. The van der Waals surface area contributed by atoms with Crippen molar-refractivity contribution in [2.75, 3.05) is 45.2 Å². The first-order valence-corrected chi connectivity index (χ1v) is 13.9. The number of hydrogen-bond acceptors (Lipinski definition) is 6. The Morgan fingerprint density at radius 2 is 1.71 bits per heavy atom. The number of sulfonamides is 1. The second-order valence-electron chi connectivity index (χ2n) is 8.55. The second kappa shape index (κ2) is 11.4. The van der Waals surface area contributed by atoms with Crippen molar-refractivity contribution in [3.8, 4) is 0 Å². The van der Waals surface area contributed by atoms with E-state index in [1.807, 2.05) is 58.0 Å². The number of amides is 1. The molecule has 0 N–H and O–H groups in total. The highest BCUT2D eigenvalue weighted by atomic mass is 32.2.